The normalized spacial score (nSPS) is 10.8. The number of anilines is 3. The Hall–Kier alpha value is -7.38. The van der Waals surface area contributed by atoms with Crippen molar-refractivity contribution in [3.63, 3.8) is 0 Å². The van der Waals surface area contributed by atoms with Crippen molar-refractivity contribution in [2.75, 3.05) is 4.90 Å². The predicted molar refractivity (Wildman–Crippen MR) is 212 cm³/mol. The molecular weight excluding hydrogens is 655 g/mol. The number of hydrogen-bond donors (Lipinski definition) is 2. The lowest BCUT2D eigenvalue weighted by molar-refractivity contribution is 0.538. The molecule has 0 saturated carbocycles. The first-order valence-corrected chi connectivity index (χ1v) is 17.2. The van der Waals surface area contributed by atoms with Crippen LogP contribution in [0, 0.1) is 10.8 Å². The zero-order valence-electron chi connectivity index (χ0n) is 28.6. The highest BCUT2D eigenvalue weighted by Crippen LogP contribution is 2.38. The highest BCUT2D eigenvalue weighted by molar-refractivity contribution is 6.07. The fourth-order valence-corrected chi connectivity index (χ4v) is 6.29. The van der Waals surface area contributed by atoms with E-state index in [0.717, 1.165) is 50.4 Å². The first-order chi connectivity index (χ1) is 26.1. The minimum absolute atomic E-state index is 0.0689. The van der Waals surface area contributed by atoms with Crippen molar-refractivity contribution >= 4 is 28.9 Å². The summed E-state index contributed by atoms with van der Waals surface area (Å²) in [4.78, 5) is 2.21. The Balaban J connectivity index is 1.08. The largest absolute Gasteiger partial charge is 0.421 e. The summed E-state index contributed by atoms with van der Waals surface area (Å²) in [5, 5.41) is 25.8. The van der Waals surface area contributed by atoms with Gasteiger partial charge < -0.3 is 14.1 Å². The molecule has 2 N–H and O–H groups in total. The Morgan fingerprint density at radius 3 is 1.53 bits per heavy atom. The van der Waals surface area contributed by atoms with Gasteiger partial charge in [0.05, 0.1) is 0 Å². The van der Waals surface area contributed by atoms with Crippen molar-refractivity contribution in [1.29, 1.82) is 10.8 Å². The molecule has 7 aromatic carbocycles. The van der Waals surface area contributed by atoms with E-state index in [0.29, 0.717) is 22.9 Å². The Labute approximate surface area is 307 Å². The molecule has 53 heavy (non-hydrogen) atoms. The highest BCUT2D eigenvalue weighted by atomic mass is 16.5. The number of nitrogens with zero attached hydrogens (tertiary/aromatic N) is 3. The molecule has 0 fully saturated rings. The van der Waals surface area contributed by atoms with Crippen LogP contribution in [0.15, 0.2) is 192 Å². The van der Waals surface area contributed by atoms with Gasteiger partial charge in [-0.25, -0.2) is 0 Å². The van der Waals surface area contributed by atoms with Crippen LogP contribution < -0.4 is 4.90 Å². The van der Waals surface area contributed by atoms with Crippen LogP contribution in [0.3, 0.4) is 0 Å². The second-order valence-corrected chi connectivity index (χ2v) is 12.3. The average Bonchev–Trinajstić information content (AvgIpc) is 3.73. The quantitative estimate of drug-likeness (QED) is 0.116. The second kappa shape index (κ2) is 14.8. The lowest BCUT2D eigenvalue weighted by Gasteiger charge is -2.26. The van der Waals surface area contributed by atoms with E-state index < -0.39 is 0 Å². The smallest absolute Gasteiger partial charge is 0.248 e. The highest BCUT2D eigenvalue weighted by Gasteiger charge is 2.18. The van der Waals surface area contributed by atoms with Crippen molar-refractivity contribution < 1.29 is 9.15 Å². The van der Waals surface area contributed by atoms with Gasteiger partial charge in [0, 0.05) is 39.3 Å². The number of para-hydroxylation sites is 1. The van der Waals surface area contributed by atoms with E-state index in [9.17, 15) is 0 Å². The molecule has 0 aliphatic carbocycles. The molecule has 1 heterocycles. The minimum Gasteiger partial charge on any atom is -0.421 e. The number of hydrogen-bond acceptors (Lipinski definition) is 7. The molecule has 0 atom stereocenters. The van der Waals surface area contributed by atoms with Crippen molar-refractivity contribution in [3.8, 4) is 45.2 Å². The van der Waals surface area contributed by atoms with Gasteiger partial charge >= 0.3 is 0 Å². The van der Waals surface area contributed by atoms with Crippen LogP contribution >= 0.6 is 0 Å². The van der Waals surface area contributed by atoms with Gasteiger partial charge in [0.1, 0.15) is 0 Å². The van der Waals surface area contributed by atoms with E-state index in [4.69, 9.17) is 20.0 Å². The van der Waals surface area contributed by atoms with Crippen molar-refractivity contribution in [3.05, 3.63) is 199 Å². The SMILES string of the molecule is N=C(OC(=N)c1ccccc1-c1ccc(N(c2ccccc2)c2ccc(-c3ccccc3-c3nnc(-c4ccccc4)o3)cc2)cc1)c1ccccc1. The Morgan fingerprint density at radius 2 is 0.887 bits per heavy atom. The molecule has 0 bridgehead atoms. The predicted octanol–water partition coefficient (Wildman–Crippen LogP) is 11.6. The molecule has 8 aromatic rings. The summed E-state index contributed by atoms with van der Waals surface area (Å²) in [5.41, 5.74) is 9.72. The maximum Gasteiger partial charge on any atom is 0.248 e. The lowest BCUT2D eigenvalue weighted by Crippen LogP contribution is -2.13. The summed E-state index contributed by atoms with van der Waals surface area (Å²) in [6.07, 6.45) is 0. The summed E-state index contributed by atoms with van der Waals surface area (Å²) in [6.45, 7) is 0. The number of nitrogens with one attached hydrogen (secondary N) is 2. The van der Waals surface area contributed by atoms with E-state index in [1.165, 1.54) is 0 Å². The zero-order valence-corrected chi connectivity index (χ0v) is 28.6. The fourth-order valence-electron chi connectivity index (χ4n) is 6.29. The number of benzene rings is 7. The average molecular weight is 688 g/mol. The topological polar surface area (TPSA) is 99.1 Å². The number of aromatic nitrogens is 2. The zero-order chi connectivity index (χ0) is 36.0. The molecule has 0 aliphatic rings. The Kier molecular flexibility index (Phi) is 9.19. The number of ether oxygens (including phenoxy) is 1. The van der Waals surface area contributed by atoms with Crippen LogP contribution in [-0.2, 0) is 4.74 Å². The maximum atomic E-state index is 8.73. The molecule has 7 heteroatoms. The monoisotopic (exact) mass is 687 g/mol. The lowest BCUT2D eigenvalue weighted by atomic mass is 9.98. The third-order valence-electron chi connectivity index (χ3n) is 8.90. The first kappa shape index (κ1) is 32.8. The third kappa shape index (κ3) is 7.00. The van der Waals surface area contributed by atoms with Gasteiger partial charge in [-0.3, -0.25) is 10.8 Å². The molecule has 0 saturated heterocycles. The van der Waals surface area contributed by atoms with E-state index in [1.807, 2.05) is 109 Å². The van der Waals surface area contributed by atoms with E-state index in [1.54, 1.807) is 12.1 Å². The molecule has 7 nitrogen and oxygen atoms in total. The van der Waals surface area contributed by atoms with Crippen LogP contribution in [0.25, 0.3) is 45.2 Å². The molecule has 0 radical (unpaired) electrons. The third-order valence-corrected chi connectivity index (χ3v) is 8.90. The second-order valence-electron chi connectivity index (χ2n) is 12.3. The Morgan fingerprint density at radius 1 is 0.415 bits per heavy atom. The van der Waals surface area contributed by atoms with E-state index in [-0.39, 0.29) is 11.8 Å². The van der Waals surface area contributed by atoms with Crippen LogP contribution in [0.2, 0.25) is 0 Å². The van der Waals surface area contributed by atoms with Crippen LogP contribution in [0.1, 0.15) is 11.1 Å². The van der Waals surface area contributed by atoms with Gasteiger partial charge in [-0.1, -0.05) is 115 Å². The van der Waals surface area contributed by atoms with Crippen LogP contribution in [0.4, 0.5) is 17.1 Å². The first-order valence-electron chi connectivity index (χ1n) is 17.2. The summed E-state index contributed by atoms with van der Waals surface area (Å²) in [7, 11) is 0. The molecule has 8 rings (SSSR count). The van der Waals surface area contributed by atoms with Gasteiger partial charge in [0.15, 0.2) is 0 Å². The fraction of sp³-hybridized carbons (Fsp3) is 0. The molecule has 0 unspecified atom stereocenters. The summed E-state index contributed by atoms with van der Waals surface area (Å²) in [5.74, 6) is 0.795. The summed E-state index contributed by atoms with van der Waals surface area (Å²) in [6, 6.07) is 61.6. The van der Waals surface area contributed by atoms with E-state index in [2.05, 4.69) is 81.8 Å². The number of rotatable bonds is 9. The van der Waals surface area contributed by atoms with Crippen molar-refractivity contribution in [2.24, 2.45) is 0 Å². The summed E-state index contributed by atoms with van der Waals surface area (Å²) >= 11 is 0. The van der Waals surface area contributed by atoms with Crippen LogP contribution in [-0.4, -0.2) is 22.0 Å². The van der Waals surface area contributed by atoms with Crippen molar-refractivity contribution in [2.45, 2.75) is 0 Å². The van der Waals surface area contributed by atoms with E-state index >= 15 is 0 Å². The van der Waals surface area contributed by atoms with Gasteiger partial charge in [-0.2, -0.15) is 0 Å². The molecule has 254 valence electrons. The Bertz CT molecular complexity index is 2500. The van der Waals surface area contributed by atoms with Crippen molar-refractivity contribution in [1.82, 2.24) is 10.2 Å². The van der Waals surface area contributed by atoms with Gasteiger partial charge in [0.2, 0.25) is 23.6 Å². The van der Waals surface area contributed by atoms with Gasteiger partial charge in [-0.15, -0.1) is 10.2 Å². The molecule has 1 aromatic heterocycles. The van der Waals surface area contributed by atoms with Crippen LogP contribution in [0.5, 0.6) is 0 Å². The van der Waals surface area contributed by atoms with Gasteiger partial charge in [0.25, 0.3) is 0 Å². The maximum absolute atomic E-state index is 8.73. The summed E-state index contributed by atoms with van der Waals surface area (Å²) < 4.78 is 11.8. The molecule has 0 aliphatic heterocycles. The standard InChI is InChI=1S/C46H33N5O2/c47-43(34-14-4-1-5-15-34)52-44(48)41-22-12-10-20-39(41)32-24-28-37(29-25-32)51(36-18-8-3-9-19-36)38-30-26-33(27-31-38)40-21-11-13-23-42(40)46-50-49-45(53-46)35-16-6-2-7-17-35/h1-31,47-48H. The molecular formula is C46H33N5O2. The van der Waals surface area contributed by atoms with Gasteiger partial charge in [-0.05, 0) is 95.1 Å². The molecule has 0 amide bonds. The minimum atomic E-state index is -0.0816. The molecule has 0 spiro atoms.